The average molecular weight is 240 g/mol. The van der Waals surface area contributed by atoms with Gasteiger partial charge in [-0.15, -0.1) is 0 Å². The quantitative estimate of drug-likeness (QED) is 0.748. The third-order valence-corrected chi connectivity index (χ3v) is 3.52. The molecule has 1 aliphatic rings. The van der Waals surface area contributed by atoms with Gasteiger partial charge in [-0.3, -0.25) is 4.79 Å². The molecule has 1 fully saturated rings. The van der Waals surface area contributed by atoms with Gasteiger partial charge >= 0.3 is 0 Å². The van der Waals surface area contributed by atoms with E-state index < -0.39 is 0 Å². The van der Waals surface area contributed by atoms with Crippen LogP contribution in [0.4, 0.5) is 0 Å². The predicted octanol–water partition coefficient (Wildman–Crippen LogP) is 2.32. The SMILES string of the molecule is CC(C)CCC(C)NC(=O)CC1CCNCC1. The Kier molecular flexibility index (Phi) is 6.56. The van der Waals surface area contributed by atoms with E-state index in [0.29, 0.717) is 18.4 Å². The highest BCUT2D eigenvalue weighted by molar-refractivity contribution is 5.76. The first-order valence-electron chi connectivity index (χ1n) is 7.08. The van der Waals surface area contributed by atoms with E-state index >= 15 is 0 Å². The second-order valence-corrected chi connectivity index (χ2v) is 5.84. The summed E-state index contributed by atoms with van der Waals surface area (Å²) in [4.78, 5) is 11.8. The Labute approximate surface area is 106 Å². The number of hydrogen-bond acceptors (Lipinski definition) is 2. The van der Waals surface area contributed by atoms with Crippen molar-refractivity contribution in [2.24, 2.45) is 11.8 Å². The maximum atomic E-state index is 11.8. The molecule has 0 aromatic carbocycles. The fourth-order valence-corrected chi connectivity index (χ4v) is 2.34. The van der Waals surface area contributed by atoms with E-state index in [1.807, 2.05) is 0 Å². The topological polar surface area (TPSA) is 41.1 Å². The van der Waals surface area contributed by atoms with Crippen molar-refractivity contribution in [1.82, 2.24) is 10.6 Å². The first-order valence-corrected chi connectivity index (χ1v) is 7.08. The highest BCUT2D eigenvalue weighted by atomic mass is 16.1. The Balaban J connectivity index is 2.14. The zero-order valence-electron chi connectivity index (χ0n) is 11.6. The molecule has 0 radical (unpaired) electrons. The number of piperidine rings is 1. The Morgan fingerprint density at radius 3 is 2.47 bits per heavy atom. The molecule has 2 N–H and O–H groups in total. The second-order valence-electron chi connectivity index (χ2n) is 5.84. The summed E-state index contributed by atoms with van der Waals surface area (Å²) in [5, 5.41) is 6.45. The molecular weight excluding hydrogens is 212 g/mol. The lowest BCUT2D eigenvalue weighted by atomic mass is 9.94. The molecular formula is C14H28N2O. The summed E-state index contributed by atoms with van der Waals surface area (Å²) in [5.74, 6) is 1.56. The summed E-state index contributed by atoms with van der Waals surface area (Å²) >= 11 is 0. The summed E-state index contributed by atoms with van der Waals surface area (Å²) in [6.45, 7) is 8.71. The zero-order chi connectivity index (χ0) is 12.7. The molecule has 1 unspecified atom stereocenters. The van der Waals surface area contributed by atoms with Crippen LogP contribution < -0.4 is 10.6 Å². The van der Waals surface area contributed by atoms with Crippen molar-refractivity contribution in [3.8, 4) is 0 Å². The van der Waals surface area contributed by atoms with Crippen molar-refractivity contribution in [1.29, 1.82) is 0 Å². The number of carbonyl (C=O) groups is 1. The molecule has 0 bridgehead atoms. The van der Waals surface area contributed by atoms with E-state index in [0.717, 1.165) is 38.3 Å². The zero-order valence-corrected chi connectivity index (χ0v) is 11.6. The van der Waals surface area contributed by atoms with E-state index in [1.54, 1.807) is 0 Å². The fourth-order valence-electron chi connectivity index (χ4n) is 2.34. The number of rotatable bonds is 6. The molecule has 1 aliphatic heterocycles. The molecule has 1 atom stereocenters. The molecule has 0 aromatic heterocycles. The Hall–Kier alpha value is -0.570. The maximum absolute atomic E-state index is 11.8. The fraction of sp³-hybridized carbons (Fsp3) is 0.929. The predicted molar refractivity (Wildman–Crippen MR) is 71.9 cm³/mol. The van der Waals surface area contributed by atoms with Gasteiger partial charge < -0.3 is 10.6 Å². The van der Waals surface area contributed by atoms with Gasteiger partial charge in [-0.1, -0.05) is 13.8 Å². The van der Waals surface area contributed by atoms with Gasteiger partial charge in [0, 0.05) is 12.5 Å². The van der Waals surface area contributed by atoms with Crippen molar-refractivity contribution in [2.75, 3.05) is 13.1 Å². The van der Waals surface area contributed by atoms with Gasteiger partial charge in [-0.25, -0.2) is 0 Å². The van der Waals surface area contributed by atoms with E-state index in [9.17, 15) is 4.79 Å². The van der Waals surface area contributed by atoms with Gasteiger partial charge in [0.05, 0.1) is 0 Å². The minimum atomic E-state index is 0.244. The monoisotopic (exact) mass is 240 g/mol. The highest BCUT2D eigenvalue weighted by Gasteiger charge is 2.17. The molecule has 0 saturated carbocycles. The van der Waals surface area contributed by atoms with Crippen molar-refractivity contribution in [3.05, 3.63) is 0 Å². The number of hydrogen-bond donors (Lipinski definition) is 2. The van der Waals surface area contributed by atoms with Gasteiger partial charge in [-0.2, -0.15) is 0 Å². The molecule has 100 valence electrons. The van der Waals surface area contributed by atoms with Crippen LogP contribution in [0.15, 0.2) is 0 Å². The first-order chi connectivity index (χ1) is 8.08. The third-order valence-electron chi connectivity index (χ3n) is 3.52. The van der Waals surface area contributed by atoms with Crippen LogP contribution >= 0.6 is 0 Å². The summed E-state index contributed by atoms with van der Waals surface area (Å²) < 4.78 is 0. The normalized spacial score (nSPS) is 19.3. The number of carbonyl (C=O) groups excluding carboxylic acids is 1. The lowest BCUT2D eigenvalue weighted by Gasteiger charge is -2.23. The lowest BCUT2D eigenvalue weighted by molar-refractivity contribution is -0.122. The molecule has 1 amide bonds. The van der Waals surface area contributed by atoms with Gasteiger partial charge in [-0.05, 0) is 57.5 Å². The second kappa shape index (κ2) is 7.70. The Morgan fingerprint density at radius 2 is 1.88 bits per heavy atom. The van der Waals surface area contributed by atoms with Crippen molar-refractivity contribution in [2.45, 2.75) is 58.9 Å². The highest BCUT2D eigenvalue weighted by Crippen LogP contribution is 2.16. The van der Waals surface area contributed by atoms with Crippen molar-refractivity contribution < 1.29 is 4.79 Å². The van der Waals surface area contributed by atoms with Gasteiger partial charge in [0.1, 0.15) is 0 Å². The largest absolute Gasteiger partial charge is 0.354 e. The summed E-state index contributed by atoms with van der Waals surface area (Å²) in [7, 11) is 0. The van der Waals surface area contributed by atoms with Crippen LogP contribution in [0.2, 0.25) is 0 Å². The van der Waals surface area contributed by atoms with E-state index in [1.165, 1.54) is 6.42 Å². The van der Waals surface area contributed by atoms with Gasteiger partial charge in [0.15, 0.2) is 0 Å². The van der Waals surface area contributed by atoms with E-state index in [2.05, 4.69) is 31.4 Å². The third kappa shape index (κ3) is 6.67. The minimum absolute atomic E-state index is 0.244. The van der Waals surface area contributed by atoms with Crippen LogP contribution in [0.3, 0.4) is 0 Å². The molecule has 0 aliphatic carbocycles. The van der Waals surface area contributed by atoms with Crippen LogP contribution in [0.25, 0.3) is 0 Å². The van der Waals surface area contributed by atoms with E-state index in [4.69, 9.17) is 0 Å². The standard InChI is InChI=1S/C14H28N2O/c1-11(2)4-5-12(3)16-14(17)10-13-6-8-15-9-7-13/h11-13,15H,4-10H2,1-3H3,(H,16,17). The lowest BCUT2D eigenvalue weighted by Crippen LogP contribution is -2.36. The summed E-state index contributed by atoms with van der Waals surface area (Å²) in [6.07, 6.45) is 5.29. The van der Waals surface area contributed by atoms with Crippen LogP contribution in [0.5, 0.6) is 0 Å². The minimum Gasteiger partial charge on any atom is -0.354 e. The van der Waals surface area contributed by atoms with Crippen LogP contribution in [-0.2, 0) is 4.79 Å². The van der Waals surface area contributed by atoms with Crippen LogP contribution in [-0.4, -0.2) is 25.0 Å². The average Bonchev–Trinajstić information content (AvgIpc) is 2.27. The molecule has 0 aromatic rings. The molecule has 17 heavy (non-hydrogen) atoms. The van der Waals surface area contributed by atoms with Crippen molar-refractivity contribution in [3.63, 3.8) is 0 Å². The van der Waals surface area contributed by atoms with Crippen LogP contribution in [0.1, 0.15) is 52.9 Å². The van der Waals surface area contributed by atoms with Crippen LogP contribution in [0, 0.1) is 11.8 Å². The smallest absolute Gasteiger partial charge is 0.220 e. The molecule has 0 spiro atoms. The molecule has 3 heteroatoms. The maximum Gasteiger partial charge on any atom is 0.220 e. The van der Waals surface area contributed by atoms with Gasteiger partial charge in [0.2, 0.25) is 5.91 Å². The Bertz CT molecular complexity index is 222. The molecule has 1 saturated heterocycles. The summed E-state index contributed by atoms with van der Waals surface area (Å²) in [5.41, 5.74) is 0. The molecule has 1 rings (SSSR count). The van der Waals surface area contributed by atoms with E-state index in [-0.39, 0.29) is 5.91 Å². The Morgan fingerprint density at radius 1 is 1.24 bits per heavy atom. The number of amides is 1. The molecule has 3 nitrogen and oxygen atoms in total. The molecule has 1 heterocycles. The first kappa shape index (κ1) is 14.5. The van der Waals surface area contributed by atoms with Crippen molar-refractivity contribution >= 4 is 5.91 Å². The summed E-state index contributed by atoms with van der Waals surface area (Å²) in [6, 6.07) is 0.326. The number of nitrogens with one attached hydrogen (secondary N) is 2. The van der Waals surface area contributed by atoms with Gasteiger partial charge in [0.25, 0.3) is 0 Å².